The molecule has 5 atom stereocenters. The Morgan fingerprint density at radius 2 is 1.78 bits per heavy atom. The monoisotopic (exact) mass is 326 g/mol. The van der Waals surface area contributed by atoms with E-state index >= 15 is 0 Å². The molecule has 0 saturated carbocycles. The van der Waals surface area contributed by atoms with E-state index in [1.165, 1.54) is 18.2 Å². The molecule has 126 valence electrons. The number of aliphatic hydroxyl groups is 4. The lowest BCUT2D eigenvalue weighted by atomic mass is 9.99. The summed E-state index contributed by atoms with van der Waals surface area (Å²) < 4.78 is 9.92. The summed E-state index contributed by atoms with van der Waals surface area (Å²) in [4.78, 5) is 11.7. The summed E-state index contributed by atoms with van der Waals surface area (Å²) in [5, 5.41) is 47.1. The van der Waals surface area contributed by atoms with Gasteiger partial charge in [-0.15, -0.1) is 0 Å². The Bertz CT molecular complexity index is 553. The third kappa shape index (κ3) is 4.27. The van der Waals surface area contributed by atoms with Crippen molar-refractivity contribution < 1.29 is 39.8 Å². The molecule has 8 heteroatoms. The molecule has 0 bridgehead atoms. The van der Waals surface area contributed by atoms with Gasteiger partial charge in [-0.3, -0.25) is 0 Å². The highest BCUT2D eigenvalue weighted by Crippen LogP contribution is 2.22. The van der Waals surface area contributed by atoms with E-state index in [1.54, 1.807) is 12.1 Å². The minimum atomic E-state index is -1.64. The van der Waals surface area contributed by atoms with Crippen LogP contribution < -0.4 is 0 Å². The maximum absolute atomic E-state index is 11.7. The second-order valence-electron chi connectivity index (χ2n) is 5.06. The molecule has 0 amide bonds. The highest BCUT2D eigenvalue weighted by molar-refractivity contribution is 5.87. The van der Waals surface area contributed by atoms with Gasteiger partial charge in [0.2, 0.25) is 6.29 Å². The van der Waals surface area contributed by atoms with E-state index in [0.717, 1.165) is 6.08 Å². The van der Waals surface area contributed by atoms with Crippen molar-refractivity contribution in [2.24, 2.45) is 0 Å². The van der Waals surface area contributed by atoms with Crippen LogP contribution in [-0.4, -0.2) is 68.8 Å². The number of phenolic OH excluding ortho intramolecular Hbond substituents is 1. The Labute approximate surface area is 131 Å². The SMILES string of the molecule is O=C(C=Cc1ccc(O)cc1)O[C@@H]1OC(CO)[C@@H](O)[C@@H](O)C1O. The first kappa shape index (κ1) is 17.4. The molecular weight excluding hydrogens is 308 g/mol. The predicted molar refractivity (Wildman–Crippen MR) is 77.0 cm³/mol. The maximum Gasteiger partial charge on any atom is 0.333 e. The number of rotatable bonds is 4. The summed E-state index contributed by atoms with van der Waals surface area (Å²) in [6.07, 6.45) is -4.93. The van der Waals surface area contributed by atoms with Crippen molar-refractivity contribution in [3.05, 3.63) is 35.9 Å². The van der Waals surface area contributed by atoms with Crippen LogP contribution in [0.2, 0.25) is 0 Å². The molecule has 5 N–H and O–H groups in total. The van der Waals surface area contributed by atoms with Gasteiger partial charge in [0.1, 0.15) is 30.2 Å². The van der Waals surface area contributed by atoms with Gasteiger partial charge >= 0.3 is 5.97 Å². The van der Waals surface area contributed by atoms with E-state index in [0.29, 0.717) is 5.56 Å². The summed E-state index contributed by atoms with van der Waals surface area (Å²) >= 11 is 0. The Kier molecular flexibility index (Phi) is 5.69. The Balaban J connectivity index is 1.97. The topological polar surface area (TPSA) is 137 Å². The van der Waals surface area contributed by atoms with Gasteiger partial charge in [0.25, 0.3) is 0 Å². The molecule has 0 aliphatic carbocycles. The number of benzene rings is 1. The van der Waals surface area contributed by atoms with Crippen LogP contribution in [0, 0.1) is 0 Å². The second-order valence-corrected chi connectivity index (χ2v) is 5.06. The van der Waals surface area contributed by atoms with Gasteiger partial charge in [0, 0.05) is 6.08 Å². The van der Waals surface area contributed by atoms with Gasteiger partial charge in [-0.2, -0.15) is 0 Å². The maximum atomic E-state index is 11.7. The lowest BCUT2D eigenvalue weighted by Gasteiger charge is -2.38. The standard InChI is InChI=1S/C15H18O8/c16-7-10-12(19)13(20)14(21)15(22-10)23-11(18)6-3-8-1-4-9(17)5-2-8/h1-6,10,12-17,19-21H,7H2/t10?,12-,13-,14?,15+/m1/s1. The number of carbonyl (C=O) groups excluding carboxylic acids is 1. The number of hydrogen-bond acceptors (Lipinski definition) is 8. The van der Waals surface area contributed by atoms with Crippen LogP contribution in [0.3, 0.4) is 0 Å². The zero-order chi connectivity index (χ0) is 17.0. The third-order valence-corrected chi connectivity index (χ3v) is 3.39. The first-order valence-corrected chi connectivity index (χ1v) is 6.90. The van der Waals surface area contributed by atoms with Gasteiger partial charge in [0.05, 0.1) is 6.61 Å². The zero-order valence-electron chi connectivity index (χ0n) is 12.0. The van der Waals surface area contributed by atoms with Gasteiger partial charge < -0.3 is 35.0 Å². The lowest BCUT2D eigenvalue weighted by Crippen LogP contribution is -2.59. The molecule has 1 fully saturated rings. The van der Waals surface area contributed by atoms with Gasteiger partial charge in [-0.1, -0.05) is 12.1 Å². The minimum Gasteiger partial charge on any atom is -0.508 e. The molecule has 0 radical (unpaired) electrons. The average molecular weight is 326 g/mol. The molecule has 1 aliphatic rings. The number of phenols is 1. The van der Waals surface area contributed by atoms with Crippen molar-refractivity contribution in [2.45, 2.75) is 30.7 Å². The summed E-state index contributed by atoms with van der Waals surface area (Å²) in [7, 11) is 0. The highest BCUT2D eigenvalue weighted by atomic mass is 16.7. The lowest BCUT2D eigenvalue weighted by molar-refractivity contribution is -0.291. The van der Waals surface area contributed by atoms with Crippen LogP contribution in [0.15, 0.2) is 30.3 Å². The number of aromatic hydroxyl groups is 1. The molecule has 23 heavy (non-hydrogen) atoms. The largest absolute Gasteiger partial charge is 0.508 e. The third-order valence-electron chi connectivity index (χ3n) is 3.39. The smallest absolute Gasteiger partial charge is 0.333 e. The molecule has 1 heterocycles. The van der Waals surface area contributed by atoms with E-state index in [4.69, 9.17) is 19.7 Å². The van der Waals surface area contributed by atoms with E-state index in [2.05, 4.69) is 0 Å². The first-order chi connectivity index (χ1) is 10.9. The van der Waals surface area contributed by atoms with Crippen LogP contribution in [0.4, 0.5) is 0 Å². The molecule has 1 saturated heterocycles. The number of hydrogen-bond donors (Lipinski definition) is 5. The minimum absolute atomic E-state index is 0.0889. The molecule has 1 aromatic carbocycles. The fourth-order valence-electron chi connectivity index (χ4n) is 2.07. The van der Waals surface area contributed by atoms with Crippen LogP contribution in [0.25, 0.3) is 6.08 Å². The van der Waals surface area contributed by atoms with E-state index in [9.17, 15) is 20.1 Å². The van der Waals surface area contributed by atoms with Crippen molar-refractivity contribution >= 4 is 12.0 Å². The number of ether oxygens (including phenoxy) is 2. The van der Waals surface area contributed by atoms with Crippen molar-refractivity contribution in [3.8, 4) is 5.75 Å². The Hall–Kier alpha value is -1.97. The fourth-order valence-corrected chi connectivity index (χ4v) is 2.07. The molecule has 1 aromatic rings. The van der Waals surface area contributed by atoms with Crippen molar-refractivity contribution in [3.63, 3.8) is 0 Å². The molecule has 0 aromatic heterocycles. The normalized spacial score (nSPS) is 31.2. The molecule has 8 nitrogen and oxygen atoms in total. The quantitative estimate of drug-likeness (QED) is 0.342. The summed E-state index contributed by atoms with van der Waals surface area (Å²) in [5.74, 6) is -0.756. The van der Waals surface area contributed by atoms with Crippen LogP contribution in [-0.2, 0) is 14.3 Å². The van der Waals surface area contributed by atoms with Gasteiger partial charge in [0.15, 0.2) is 0 Å². The molecule has 0 spiro atoms. The van der Waals surface area contributed by atoms with Gasteiger partial charge in [-0.25, -0.2) is 4.79 Å². The Morgan fingerprint density at radius 3 is 2.39 bits per heavy atom. The number of carbonyl (C=O) groups is 1. The van der Waals surface area contributed by atoms with E-state index in [1.807, 2.05) is 0 Å². The van der Waals surface area contributed by atoms with Crippen molar-refractivity contribution in [1.29, 1.82) is 0 Å². The average Bonchev–Trinajstić information content (AvgIpc) is 2.55. The number of esters is 1. The summed E-state index contributed by atoms with van der Waals surface area (Å²) in [6, 6.07) is 6.05. The first-order valence-electron chi connectivity index (χ1n) is 6.90. The van der Waals surface area contributed by atoms with E-state index in [-0.39, 0.29) is 5.75 Å². The van der Waals surface area contributed by atoms with Crippen molar-refractivity contribution in [1.82, 2.24) is 0 Å². The Morgan fingerprint density at radius 1 is 1.13 bits per heavy atom. The van der Waals surface area contributed by atoms with Crippen LogP contribution >= 0.6 is 0 Å². The molecule has 1 aliphatic heterocycles. The second kappa shape index (κ2) is 7.53. The van der Waals surface area contributed by atoms with Crippen LogP contribution in [0.5, 0.6) is 5.75 Å². The zero-order valence-corrected chi connectivity index (χ0v) is 12.0. The molecule has 2 rings (SSSR count). The van der Waals surface area contributed by atoms with Crippen LogP contribution in [0.1, 0.15) is 5.56 Å². The fraction of sp³-hybridized carbons (Fsp3) is 0.400. The van der Waals surface area contributed by atoms with Crippen molar-refractivity contribution in [2.75, 3.05) is 6.61 Å². The molecule has 2 unspecified atom stereocenters. The summed E-state index contributed by atoms with van der Waals surface area (Å²) in [6.45, 7) is -0.609. The predicted octanol–water partition coefficient (Wildman–Crippen LogP) is -1.25. The van der Waals surface area contributed by atoms with Gasteiger partial charge in [-0.05, 0) is 23.8 Å². The number of aliphatic hydroxyl groups excluding tert-OH is 4. The molecular formula is C15H18O8. The highest BCUT2D eigenvalue weighted by Gasteiger charge is 2.45. The summed E-state index contributed by atoms with van der Waals surface area (Å²) in [5.41, 5.74) is 0.633. The van der Waals surface area contributed by atoms with E-state index < -0.39 is 43.3 Å².